The Kier molecular flexibility index (Phi) is 6.59. The molecule has 1 amide bonds. The number of carbonyl (C=O) groups excluding carboxylic acids is 1. The Bertz CT molecular complexity index is 734. The van der Waals surface area contributed by atoms with Crippen LogP contribution in [-0.2, 0) is 14.8 Å². The Labute approximate surface area is 159 Å². The number of hydrogen-bond donors (Lipinski definition) is 1. The molecule has 6 nitrogen and oxygen atoms in total. The highest BCUT2D eigenvalue weighted by atomic mass is 35.5. The molecule has 1 fully saturated rings. The molecule has 140 valence electrons. The predicted molar refractivity (Wildman–Crippen MR) is 102 cm³/mol. The lowest BCUT2D eigenvalue weighted by Gasteiger charge is -2.33. The molecule has 1 aliphatic rings. The van der Waals surface area contributed by atoms with E-state index in [9.17, 15) is 13.2 Å². The number of benzene rings is 1. The number of hydrogen-bond acceptors (Lipinski definition) is 4. The molecule has 0 radical (unpaired) electrons. The Morgan fingerprint density at radius 1 is 1.32 bits per heavy atom. The minimum atomic E-state index is -3.73. The van der Waals surface area contributed by atoms with Crippen molar-refractivity contribution in [1.29, 1.82) is 0 Å². The topological polar surface area (TPSA) is 69.7 Å². The summed E-state index contributed by atoms with van der Waals surface area (Å²) in [6, 6.07) is 3.63. The van der Waals surface area contributed by atoms with Gasteiger partial charge >= 0.3 is 0 Å². The Morgan fingerprint density at radius 3 is 2.48 bits per heavy atom. The first-order valence-corrected chi connectivity index (χ1v) is 10.6. The van der Waals surface area contributed by atoms with Crippen molar-refractivity contribution in [3.05, 3.63) is 28.2 Å². The van der Waals surface area contributed by atoms with E-state index in [1.165, 1.54) is 12.1 Å². The summed E-state index contributed by atoms with van der Waals surface area (Å²) in [6.07, 6.45) is 2.72. The molecule has 1 aromatic carbocycles. The number of anilines is 1. The van der Waals surface area contributed by atoms with Gasteiger partial charge < -0.3 is 10.2 Å². The number of amides is 1. The molecule has 1 N–H and O–H groups in total. The lowest BCUT2D eigenvalue weighted by molar-refractivity contribution is -0.122. The maximum absolute atomic E-state index is 12.6. The first-order valence-electron chi connectivity index (χ1n) is 8.03. The molecule has 2 rings (SSSR count). The number of piperidine rings is 1. The minimum absolute atomic E-state index is 0.0439. The molecule has 1 unspecified atom stereocenters. The van der Waals surface area contributed by atoms with E-state index in [2.05, 4.69) is 10.2 Å². The van der Waals surface area contributed by atoms with Crippen LogP contribution in [0.25, 0.3) is 0 Å². The van der Waals surface area contributed by atoms with Gasteiger partial charge in [-0.3, -0.25) is 9.10 Å². The molecule has 0 aromatic heterocycles. The van der Waals surface area contributed by atoms with Crippen LogP contribution in [0.3, 0.4) is 0 Å². The average Bonchev–Trinajstić information content (AvgIpc) is 2.51. The number of sulfonamides is 1. The summed E-state index contributed by atoms with van der Waals surface area (Å²) in [4.78, 5) is 14.8. The van der Waals surface area contributed by atoms with E-state index in [4.69, 9.17) is 23.2 Å². The maximum atomic E-state index is 12.6. The van der Waals surface area contributed by atoms with E-state index in [-0.39, 0.29) is 22.7 Å². The Morgan fingerprint density at radius 2 is 1.92 bits per heavy atom. The van der Waals surface area contributed by atoms with Crippen molar-refractivity contribution < 1.29 is 13.2 Å². The molecule has 1 aliphatic heterocycles. The van der Waals surface area contributed by atoms with Crippen LogP contribution < -0.4 is 9.62 Å². The molecule has 1 heterocycles. The predicted octanol–water partition coefficient (Wildman–Crippen LogP) is 2.36. The smallest absolute Gasteiger partial charge is 0.243 e. The number of nitrogens with one attached hydrogen (secondary N) is 1. The summed E-state index contributed by atoms with van der Waals surface area (Å²) >= 11 is 12.1. The van der Waals surface area contributed by atoms with Gasteiger partial charge in [0, 0.05) is 11.1 Å². The SMILES string of the molecule is CC(C(=O)NC1CCN(C)CC1)N(c1cc(Cl)ccc1Cl)S(C)(=O)=O. The van der Waals surface area contributed by atoms with Crippen LogP contribution in [0.1, 0.15) is 19.8 Å². The fourth-order valence-electron chi connectivity index (χ4n) is 2.91. The third-order valence-electron chi connectivity index (χ3n) is 4.30. The molecule has 1 aromatic rings. The lowest BCUT2D eigenvalue weighted by Crippen LogP contribution is -2.52. The number of carbonyl (C=O) groups is 1. The molecule has 1 saturated heterocycles. The average molecular weight is 408 g/mol. The summed E-state index contributed by atoms with van der Waals surface area (Å²) in [7, 11) is -1.69. The lowest BCUT2D eigenvalue weighted by atomic mass is 10.1. The molecule has 0 bridgehead atoms. The van der Waals surface area contributed by atoms with Crippen molar-refractivity contribution >= 4 is 44.8 Å². The van der Waals surface area contributed by atoms with Gasteiger partial charge in [0.15, 0.2) is 0 Å². The van der Waals surface area contributed by atoms with E-state index in [0.717, 1.165) is 36.5 Å². The third-order valence-corrected chi connectivity index (χ3v) is 6.08. The van der Waals surface area contributed by atoms with Gasteiger partial charge in [0.2, 0.25) is 15.9 Å². The second-order valence-electron chi connectivity index (χ2n) is 6.42. The monoisotopic (exact) mass is 407 g/mol. The standard InChI is InChI=1S/C16H23Cl2N3O3S/c1-11(16(22)19-13-6-8-20(2)9-7-13)21(25(3,23)24)15-10-12(17)4-5-14(15)18/h4-5,10-11,13H,6-9H2,1-3H3,(H,19,22). The van der Waals surface area contributed by atoms with Crippen molar-refractivity contribution in [3.8, 4) is 0 Å². The first kappa shape index (κ1) is 20.3. The van der Waals surface area contributed by atoms with Gasteiger partial charge in [0.05, 0.1) is 17.0 Å². The van der Waals surface area contributed by atoms with Crippen LogP contribution in [0.15, 0.2) is 18.2 Å². The molecule has 0 spiro atoms. The zero-order chi connectivity index (χ0) is 18.8. The van der Waals surface area contributed by atoms with E-state index in [0.29, 0.717) is 5.02 Å². The van der Waals surface area contributed by atoms with E-state index < -0.39 is 16.1 Å². The summed E-state index contributed by atoms with van der Waals surface area (Å²) in [5, 5.41) is 3.51. The van der Waals surface area contributed by atoms with Gasteiger partial charge in [-0.15, -0.1) is 0 Å². The van der Waals surface area contributed by atoms with Crippen molar-refractivity contribution in [2.45, 2.75) is 31.8 Å². The zero-order valence-electron chi connectivity index (χ0n) is 14.5. The van der Waals surface area contributed by atoms with Crippen LogP contribution in [0.5, 0.6) is 0 Å². The first-order chi connectivity index (χ1) is 11.6. The molecule has 9 heteroatoms. The Hall–Kier alpha value is -1.02. The molecule has 0 saturated carbocycles. The second-order valence-corrected chi connectivity index (χ2v) is 9.12. The van der Waals surface area contributed by atoms with E-state index >= 15 is 0 Å². The summed E-state index contributed by atoms with van der Waals surface area (Å²) in [6.45, 7) is 3.34. The van der Waals surface area contributed by atoms with E-state index in [1.54, 1.807) is 13.0 Å². The summed E-state index contributed by atoms with van der Waals surface area (Å²) < 4.78 is 25.6. The molecular formula is C16H23Cl2N3O3S. The van der Waals surface area contributed by atoms with Gasteiger partial charge in [-0.25, -0.2) is 8.42 Å². The van der Waals surface area contributed by atoms with Gasteiger partial charge in [-0.05, 0) is 58.1 Å². The van der Waals surface area contributed by atoms with Crippen molar-refractivity contribution in [2.75, 3.05) is 30.7 Å². The van der Waals surface area contributed by atoms with Crippen LogP contribution >= 0.6 is 23.2 Å². The number of rotatable bonds is 5. The molecule has 25 heavy (non-hydrogen) atoms. The molecule has 0 aliphatic carbocycles. The van der Waals surface area contributed by atoms with E-state index in [1.807, 2.05) is 7.05 Å². The van der Waals surface area contributed by atoms with Crippen molar-refractivity contribution in [3.63, 3.8) is 0 Å². The molecule has 1 atom stereocenters. The fraction of sp³-hybridized carbons (Fsp3) is 0.562. The van der Waals surface area contributed by atoms with Crippen LogP contribution in [0, 0.1) is 0 Å². The highest BCUT2D eigenvalue weighted by molar-refractivity contribution is 7.92. The van der Waals surface area contributed by atoms with Gasteiger partial charge in [-0.1, -0.05) is 23.2 Å². The zero-order valence-corrected chi connectivity index (χ0v) is 16.8. The van der Waals surface area contributed by atoms with Crippen LogP contribution in [0.4, 0.5) is 5.69 Å². The minimum Gasteiger partial charge on any atom is -0.351 e. The Balaban J connectivity index is 2.23. The molecular weight excluding hydrogens is 385 g/mol. The number of halogens is 2. The summed E-state index contributed by atoms with van der Waals surface area (Å²) in [5.41, 5.74) is 0.197. The second kappa shape index (κ2) is 8.12. The largest absolute Gasteiger partial charge is 0.351 e. The van der Waals surface area contributed by atoms with Crippen molar-refractivity contribution in [1.82, 2.24) is 10.2 Å². The number of nitrogens with zero attached hydrogens (tertiary/aromatic N) is 2. The van der Waals surface area contributed by atoms with Crippen LogP contribution in [0.2, 0.25) is 10.0 Å². The maximum Gasteiger partial charge on any atom is 0.243 e. The van der Waals surface area contributed by atoms with Gasteiger partial charge in [-0.2, -0.15) is 0 Å². The highest BCUT2D eigenvalue weighted by Gasteiger charge is 2.32. The van der Waals surface area contributed by atoms with Gasteiger partial charge in [0.25, 0.3) is 0 Å². The third kappa shape index (κ3) is 5.23. The fourth-order valence-corrected chi connectivity index (χ4v) is 4.51. The summed E-state index contributed by atoms with van der Waals surface area (Å²) in [5.74, 6) is -0.351. The normalized spacial score (nSPS) is 18.0. The van der Waals surface area contributed by atoms with Gasteiger partial charge in [0.1, 0.15) is 6.04 Å². The quantitative estimate of drug-likeness (QED) is 0.812. The van der Waals surface area contributed by atoms with Crippen molar-refractivity contribution in [2.24, 2.45) is 0 Å². The highest BCUT2D eigenvalue weighted by Crippen LogP contribution is 2.32. The number of likely N-dealkylation sites (tertiary alicyclic amines) is 1. The van der Waals surface area contributed by atoms with Crippen LogP contribution in [-0.4, -0.2) is 57.7 Å².